The van der Waals surface area contributed by atoms with Crippen LogP contribution in [0.2, 0.25) is 5.02 Å². The van der Waals surface area contributed by atoms with Gasteiger partial charge in [0.25, 0.3) is 5.69 Å². The van der Waals surface area contributed by atoms with Gasteiger partial charge in [-0.15, -0.1) is 0 Å². The van der Waals surface area contributed by atoms with Crippen LogP contribution >= 0.6 is 23.4 Å². The number of pyridine rings is 1. The molecule has 0 amide bonds. The third kappa shape index (κ3) is 3.57. The van der Waals surface area contributed by atoms with Crippen LogP contribution in [-0.4, -0.2) is 9.91 Å². The molecule has 6 nitrogen and oxygen atoms in total. The maximum absolute atomic E-state index is 10.8. The molecule has 0 saturated carbocycles. The molecular weight excluding hydrogens is 288 g/mol. The Balaban J connectivity index is 2.34. The van der Waals surface area contributed by atoms with Gasteiger partial charge in [-0.3, -0.25) is 10.1 Å². The van der Waals surface area contributed by atoms with E-state index in [1.165, 1.54) is 23.9 Å². The molecule has 1 heterocycles. The van der Waals surface area contributed by atoms with Crippen molar-refractivity contribution >= 4 is 34.9 Å². The lowest BCUT2D eigenvalue weighted by Crippen LogP contribution is -2.09. The molecule has 0 bridgehead atoms. The number of hydrogen-bond acceptors (Lipinski definition) is 6. The molecule has 0 aliphatic heterocycles. The fraction of sp³-hybridized carbons (Fsp3) is 0. The minimum Gasteiger partial charge on any atom is -0.308 e. The molecule has 0 radical (unpaired) electrons. The van der Waals surface area contributed by atoms with Crippen LogP contribution in [0.1, 0.15) is 0 Å². The number of benzene rings is 1. The maximum atomic E-state index is 10.8. The molecule has 0 atom stereocenters. The van der Waals surface area contributed by atoms with Crippen LogP contribution < -0.4 is 11.3 Å². The molecule has 1 aromatic heterocycles. The van der Waals surface area contributed by atoms with Gasteiger partial charge in [0, 0.05) is 16.0 Å². The van der Waals surface area contributed by atoms with Gasteiger partial charge in [-0.1, -0.05) is 29.4 Å². The molecule has 2 aromatic rings. The van der Waals surface area contributed by atoms with E-state index in [2.05, 4.69) is 10.4 Å². The first-order valence-corrected chi connectivity index (χ1v) is 6.34. The van der Waals surface area contributed by atoms with Crippen LogP contribution in [-0.2, 0) is 0 Å². The Hall–Kier alpha value is -1.83. The molecule has 0 fully saturated rings. The highest BCUT2D eigenvalue weighted by Crippen LogP contribution is 2.31. The zero-order valence-electron chi connectivity index (χ0n) is 9.54. The number of nitrogen functional groups attached to an aromatic ring is 1. The van der Waals surface area contributed by atoms with Crippen molar-refractivity contribution in [3.05, 3.63) is 51.5 Å². The average Bonchev–Trinajstić information content (AvgIpc) is 2.38. The van der Waals surface area contributed by atoms with Crippen molar-refractivity contribution < 1.29 is 4.92 Å². The number of aromatic nitrogens is 1. The second-order valence-corrected chi connectivity index (χ2v) is 5.04. The summed E-state index contributed by atoms with van der Waals surface area (Å²) < 4.78 is 0. The monoisotopic (exact) mass is 296 g/mol. The molecule has 19 heavy (non-hydrogen) atoms. The number of hydrogen-bond donors (Lipinski definition) is 2. The number of hydrazine groups is 1. The Labute approximate surface area is 118 Å². The largest absolute Gasteiger partial charge is 0.308 e. The Morgan fingerprint density at radius 1 is 1.37 bits per heavy atom. The second-order valence-electron chi connectivity index (χ2n) is 3.51. The average molecular weight is 297 g/mol. The Morgan fingerprint density at radius 2 is 2.16 bits per heavy atom. The summed E-state index contributed by atoms with van der Waals surface area (Å²) >= 11 is 7.14. The standard InChI is InChI=1S/C11H9ClN4O2S/c12-7-2-1-3-9(4-7)19-11-6-8(16(17)18)5-10(14-11)15-13/h1-6H,13H2,(H,14,15). The van der Waals surface area contributed by atoms with E-state index in [0.717, 1.165) is 4.90 Å². The lowest BCUT2D eigenvalue weighted by Gasteiger charge is -2.04. The van der Waals surface area contributed by atoms with Crippen molar-refractivity contribution in [1.29, 1.82) is 0 Å². The van der Waals surface area contributed by atoms with Crippen LogP contribution in [0.3, 0.4) is 0 Å². The molecular formula is C11H9ClN4O2S. The molecule has 0 saturated heterocycles. The number of anilines is 1. The van der Waals surface area contributed by atoms with Crippen molar-refractivity contribution in [2.45, 2.75) is 9.92 Å². The second kappa shape index (κ2) is 5.87. The fourth-order valence-corrected chi connectivity index (χ4v) is 2.53. The molecule has 0 unspecified atom stereocenters. The number of nitrogens with two attached hydrogens (primary N) is 1. The van der Waals surface area contributed by atoms with Gasteiger partial charge in [0.1, 0.15) is 10.8 Å². The van der Waals surface area contributed by atoms with Crippen LogP contribution in [0.5, 0.6) is 0 Å². The van der Waals surface area contributed by atoms with E-state index in [1.807, 2.05) is 6.07 Å². The predicted octanol–water partition coefficient (Wildman–Crippen LogP) is 3.08. The van der Waals surface area contributed by atoms with Crippen LogP contribution in [0.4, 0.5) is 11.5 Å². The lowest BCUT2D eigenvalue weighted by molar-refractivity contribution is -0.385. The highest BCUT2D eigenvalue weighted by atomic mass is 35.5. The molecule has 2 rings (SSSR count). The van der Waals surface area contributed by atoms with Crippen molar-refractivity contribution in [1.82, 2.24) is 4.98 Å². The minimum absolute atomic E-state index is 0.0764. The fourth-order valence-electron chi connectivity index (χ4n) is 1.37. The topological polar surface area (TPSA) is 94.1 Å². The predicted molar refractivity (Wildman–Crippen MR) is 74.3 cm³/mol. The van der Waals surface area contributed by atoms with Gasteiger partial charge < -0.3 is 5.43 Å². The first-order chi connectivity index (χ1) is 9.08. The van der Waals surface area contributed by atoms with E-state index in [4.69, 9.17) is 17.4 Å². The van der Waals surface area contributed by atoms with Crippen LogP contribution in [0.15, 0.2) is 46.3 Å². The normalized spacial score (nSPS) is 10.2. The highest BCUT2D eigenvalue weighted by Gasteiger charge is 2.11. The quantitative estimate of drug-likeness (QED) is 0.511. The van der Waals surface area contributed by atoms with Gasteiger partial charge in [0.15, 0.2) is 0 Å². The third-order valence-electron chi connectivity index (χ3n) is 2.16. The number of nitrogens with zero attached hydrogens (tertiary/aromatic N) is 2. The van der Waals surface area contributed by atoms with Crippen molar-refractivity contribution in [2.75, 3.05) is 5.43 Å². The van der Waals surface area contributed by atoms with Gasteiger partial charge >= 0.3 is 0 Å². The van der Waals surface area contributed by atoms with Crippen molar-refractivity contribution in [3.63, 3.8) is 0 Å². The van der Waals surface area contributed by atoms with Gasteiger partial charge in [-0.25, -0.2) is 10.8 Å². The van der Waals surface area contributed by atoms with Crippen LogP contribution in [0.25, 0.3) is 0 Å². The third-order valence-corrected chi connectivity index (χ3v) is 3.31. The summed E-state index contributed by atoms with van der Waals surface area (Å²) in [5.41, 5.74) is 2.23. The van der Waals surface area contributed by atoms with Crippen molar-refractivity contribution in [3.8, 4) is 0 Å². The molecule has 0 aliphatic rings. The summed E-state index contributed by atoms with van der Waals surface area (Å²) in [5, 5.41) is 11.9. The van der Waals surface area contributed by atoms with Gasteiger partial charge in [-0.2, -0.15) is 0 Å². The van der Waals surface area contributed by atoms with Gasteiger partial charge in [0.05, 0.1) is 11.0 Å². The zero-order chi connectivity index (χ0) is 13.8. The molecule has 0 aliphatic carbocycles. The number of nitro groups is 1. The van der Waals surface area contributed by atoms with E-state index in [-0.39, 0.29) is 11.5 Å². The number of halogens is 1. The molecule has 8 heteroatoms. The Morgan fingerprint density at radius 3 is 2.79 bits per heavy atom. The van der Waals surface area contributed by atoms with Crippen molar-refractivity contribution in [2.24, 2.45) is 5.84 Å². The SMILES string of the molecule is NNc1cc([N+](=O)[O-])cc(Sc2cccc(Cl)c2)n1. The molecule has 0 spiro atoms. The summed E-state index contributed by atoms with van der Waals surface area (Å²) in [7, 11) is 0. The van der Waals surface area contributed by atoms with E-state index < -0.39 is 4.92 Å². The Bertz CT molecular complexity index is 623. The van der Waals surface area contributed by atoms with Crippen LogP contribution in [0, 0.1) is 10.1 Å². The first kappa shape index (κ1) is 13.6. The van der Waals surface area contributed by atoms with E-state index in [0.29, 0.717) is 10.0 Å². The van der Waals surface area contributed by atoms with E-state index in [1.54, 1.807) is 18.2 Å². The minimum atomic E-state index is -0.495. The maximum Gasteiger partial charge on any atom is 0.275 e. The summed E-state index contributed by atoms with van der Waals surface area (Å²) in [6.45, 7) is 0. The first-order valence-electron chi connectivity index (χ1n) is 5.15. The summed E-state index contributed by atoms with van der Waals surface area (Å²) in [6.07, 6.45) is 0. The number of rotatable bonds is 4. The summed E-state index contributed by atoms with van der Waals surface area (Å²) in [6, 6.07) is 9.78. The lowest BCUT2D eigenvalue weighted by atomic mass is 10.4. The number of nitrogens with one attached hydrogen (secondary N) is 1. The zero-order valence-corrected chi connectivity index (χ0v) is 11.1. The van der Waals surface area contributed by atoms with Gasteiger partial charge in [0.2, 0.25) is 0 Å². The van der Waals surface area contributed by atoms with E-state index >= 15 is 0 Å². The highest BCUT2D eigenvalue weighted by molar-refractivity contribution is 7.99. The molecule has 1 aromatic carbocycles. The Kier molecular flexibility index (Phi) is 4.20. The van der Waals surface area contributed by atoms with E-state index in [9.17, 15) is 10.1 Å². The summed E-state index contributed by atoms with van der Waals surface area (Å²) in [4.78, 5) is 15.3. The summed E-state index contributed by atoms with van der Waals surface area (Å²) in [5.74, 6) is 5.47. The van der Waals surface area contributed by atoms with Gasteiger partial charge in [-0.05, 0) is 18.2 Å². The molecule has 3 N–H and O–H groups in total. The molecule has 98 valence electrons. The smallest absolute Gasteiger partial charge is 0.275 e.